The van der Waals surface area contributed by atoms with Gasteiger partial charge in [-0.1, -0.05) is 18.2 Å². The van der Waals surface area contributed by atoms with Crippen LogP contribution in [0.15, 0.2) is 29.2 Å². The number of thiol groups is 1. The minimum absolute atomic E-state index is 0.0924. The summed E-state index contributed by atoms with van der Waals surface area (Å²) < 4.78 is 0. The average molecular weight is 197 g/mol. The molecule has 0 saturated heterocycles. The van der Waals surface area contributed by atoms with Crippen molar-refractivity contribution >= 4 is 12.6 Å². The van der Waals surface area contributed by atoms with Gasteiger partial charge in [0.05, 0.1) is 0 Å². The van der Waals surface area contributed by atoms with E-state index < -0.39 is 5.54 Å². The lowest BCUT2D eigenvalue weighted by Gasteiger charge is -2.25. The molecular formula is C10H15NOS. The first kappa shape index (κ1) is 10.6. The van der Waals surface area contributed by atoms with Crippen molar-refractivity contribution in [2.75, 3.05) is 6.61 Å². The Morgan fingerprint density at radius 2 is 2.08 bits per heavy atom. The largest absolute Gasteiger partial charge is 0.396 e. The second kappa shape index (κ2) is 4.13. The summed E-state index contributed by atoms with van der Waals surface area (Å²) in [7, 11) is 0. The summed E-state index contributed by atoms with van der Waals surface area (Å²) in [6.45, 7) is 1.99. The van der Waals surface area contributed by atoms with Gasteiger partial charge in [-0.15, -0.1) is 12.6 Å². The molecule has 0 aromatic heterocycles. The maximum absolute atomic E-state index is 8.85. The van der Waals surface area contributed by atoms with Gasteiger partial charge in [-0.2, -0.15) is 0 Å². The quantitative estimate of drug-likeness (QED) is 0.644. The standard InChI is InChI=1S/C10H15NOS/c1-10(11,6-7-12)8-4-2-3-5-9(8)13/h2-5,12-13H,6-7,11H2,1H3/t10-/m0/s1. The van der Waals surface area contributed by atoms with E-state index in [1.54, 1.807) is 0 Å². The van der Waals surface area contributed by atoms with Crippen molar-refractivity contribution < 1.29 is 5.11 Å². The first-order valence-electron chi connectivity index (χ1n) is 4.26. The van der Waals surface area contributed by atoms with Gasteiger partial charge in [-0.25, -0.2) is 0 Å². The van der Waals surface area contributed by atoms with E-state index in [-0.39, 0.29) is 6.61 Å². The Balaban J connectivity index is 2.99. The van der Waals surface area contributed by atoms with Gasteiger partial charge in [-0.05, 0) is 25.0 Å². The SMILES string of the molecule is C[C@](N)(CCO)c1ccccc1S. The highest BCUT2D eigenvalue weighted by atomic mass is 32.1. The first-order chi connectivity index (χ1) is 6.08. The summed E-state index contributed by atoms with van der Waals surface area (Å²) in [5, 5.41) is 8.85. The van der Waals surface area contributed by atoms with Crippen LogP contribution in [-0.2, 0) is 5.54 Å². The van der Waals surface area contributed by atoms with Crippen LogP contribution in [0.2, 0.25) is 0 Å². The van der Waals surface area contributed by atoms with E-state index in [0.29, 0.717) is 6.42 Å². The number of hydrogen-bond acceptors (Lipinski definition) is 3. The molecule has 1 aromatic carbocycles. The molecule has 0 bridgehead atoms. The molecule has 0 spiro atoms. The molecule has 0 unspecified atom stereocenters. The first-order valence-corrected chi connectivity index (χ1v) is 4.71. The molecule has 13 heavy (non-hydrogen) atoms. The lowest BCUT2D eigenvalue weighted by molar-refractivity contribution is 0.246. The minimum atomic E-state index is -0.493. The van der Waals surface area contributed by atoms with Crippen molar-refractivity contribution in [2.45, 2.75) is 23.8 Å². The third kappa shape index (κ3) is 2.46. The number of nitrogens with two attached hydrogens (primary N) is 1. The number of aliphatic hydroxyl groups excluding tert-OH is 1. The molecule has 3 N–H and O–H groups in total. The van der Waals surface area contributed by atoms with Crippen LogP contribution in [0, 0.1) is 0 Å². The Labute approximate surface area is 84.2 Å². The van der Waals surface area contributed by atoms with Crippen LogP contribution in [0.1, 0.15) is 18.9 Å². The Morgan fingerprint density at radius 3 is 2.62 bits per heavy atom. The van der Waals surface area contributed by atoms with Crippen molar-refractivity contribution in [1.29, 1.82) is 0 Å². The van der Waals surface area contributed by atoms with Crippen LogP contribution in [0.25, 0.3) is 0 Å². The molecule has 0 aliphatic rings. The van der Waals surface area contributed by atoms with Crippen LogP contribution < -0.4 is 5.73 Å². The molecule has 0 fully saturated rings. The molecule has 0 amide bonds. The molecule has 1 atom stereocenters. The van der Waals surface area contributed by atoms with E-state index in [1.165, 1.54) is 0 Å². The maximum atomic E-state index is 8.85. The molecule has 1 rings (SSSR count). The van der Waals surface area contributed by atoms with E-state index in [0.717, 1.165) is 10.5 Å². The second-order valence-corrected chi connectivity index (χ2v) is 3.89. The second-order valence-electron chi connectivity index (χ2n) is 3.41. The fourth-order valence-electron chi connectivity index (χ4n) is 1.32. The molecular weight excluding hydrogens is 182 g/mol. The predicted molar refractivity (Wildman–Crippen MR) is 56.9 cm³/mol. The minimum Gasteiger partial charge on any atom is -0.396 e. The van der Waals surface area contributed by atoms with Crippen LogP contribution in [0.4, 0.5) is 0 Å². The molecule has 0 radical (unpaired) electrons. The summed E-state index contributed by atoms with van der Waals surface area (Å²) in [6, 6.07) is 7.69. The molecule has 0 heterocycles. The van der Waals surface area contributed by atoms with Crippen molar-refractivity contribution in [1.82, 2.24) is 0 Å². The van der Waals surface area contributed by atoms with Gasteiger partial charge < -0.3 is 10.8 Å². The number of hydrogen-bond donors (Lipinski definition) is 3. The fraction of sp³-hybridized carbons (Fsp3) is 0.400. The van der Waals surface area contributed by atoms with Crippen molar-refractivity contribution in [3.63, 3.8) is 0 Å². The summed E-state index contributed by atoms with van der Waals surface area (Å²) in [6.07, 6.45) is 0.546. The number of benzene rings is 1. The van der Waals surface area contributed by atoms with E-state index in [1.807, 2.05) is 31.2 Å². The van der Waals surface area contributed by atoms with E-state index in [4.69, 9.17) is 10.8 Å². The number of aliphatic hydroxyl groups is 1. The predicted octanol–water partition coefficient (Wildman–Crippen LogP) is 1.53. The molecule has 0 aliphatic carbocycles. The molecule has 72 valence electrons. The van der Waals surface area contributed by atoms with Gasteiger partial charge in [0.15, 0.2) is 0 Å². The molecule has 0 saturated carbocycles. The normalized spacial score (nSPS) is 15.4. The molecule has 3 heteroatoms. The van der Waals surface area contributed by atoms with Crippen LogP contribution in [-0.4, -0.2) is 11.7 Å². The van der Waals surface area contributed by atoms with Gasteiger partial charge in [0.2, 0.25) is 0 Å². The highest BCUT2D eigenvalue weighted by Crippen LogP contribution is 2.26. The average Bonchev–Trinajstić information content (AvgIpc) is 2.04. The zero-order valence-electron chi connectivity index (χ0n) is 7.70. The fourth-order valence-corrected chi connectivity index (χ4v) is 1.74. The third-order valence-electron chi connectivity index (χ3n) is 2.15. The monoisotopic (exact) mass is 197 g/mol. The van der Waals surface area contributed by atoms with E-state index >= 15 is 0 Å². The summed E-state index contributed by atoms with van der Waals surface area (Å²) in [5.74, 6) is 0. The zero-order valence-corrected chi connectivity index (χ0v) is 8.59. The lowest BCUT2D eigenvalue weighted by atomic mass is 9.90. The zero-order chi connectivity index (χ0) is 9.90. The van der Waals surface area contributed by atoms with Crippen LogP contribution in [0.5, 0.6) is 0 Å². The van der Waals surface area contributed by atoms with Crippen LogP contribution >= 0.6 is 12.6 Å². The van der Waals surface area contributed by atoms with Crippen molar-refractivity contribution in [3.05, 3.63) is 29.8 Å². The van der Waals surface area contributed by atoms with E-state index in [9.17, 15) is 0 Å². The Hall–Kier alpha value is -0.510. The topological polar surface area (TPSA) is 46.2 Å². The molecule has 0 aliphatic heterocycles. The highest BCUT2D eigenvalue weighted by Gasteiger charge is 2.21. The van der Waals surface area contributed by atoms with Gasteiger partial charge in [0, 0.05) is 17.0 Å². The van der Waals surface area contributed by atoms with Gasteiger partial charge in [0.25, 0.3) is 0 Å². The van der Waals surface area contributed by atoms with Crippen molar-refractivity contribution in [3.8, 4) is 0 Å². The summed E-state index contributed by atoms with van der Waals surface area (Å²) >= 11 is 4.32. The Bertz CT molecular complexity index is 286. The molecule has 2 nitrogen and oxygen atoms in total. The Morgan fingerprint density at radius 1 is 1.46 bits per heavy atom. The van der Waals surface area contributed by atoms with Crippen LogP contribution in [0.3, 0.4) is 0 Å². The number of rotatable bonds is 3. The smallest absolute Gasteiger partial charge is 0.0451 e. The van der Waals surface area contributed by atoms with E-state index in [2.05, 4.69) is 12.6 Å². The Kier molecular flexibility index (Phi) is 3.36. The third-order valence-corrected chi connectivity index (χ3v) is 2.54. The maximum Gasteiger partial charge on any atom is 0.0451 e. The van der Waals surface area contributed by atoms with Gasteiger partial charge in [0.1, 0.15) is 0 Å². The summed E-state index contributed by atoms with van der Waals surface area (Å²) in [5.41, 5.74) is 6.53. The van der Waals surface area contributed by atoms with Gasteiger partial charge >= 0.3 is 0 Å². The van der Waals surface area contributed by atoms with Crippen molar-refractivity contribution in [2.24, 2.45) is 5.73 Å². The highest BCUT2D eigenvalue weighted by molar-refractivity contribution is 7.80. The molecule has 1 aromatic rings. The lowest BCUT2D eigenvalue weighted by Crippen LogP contribution is -2.34. The van der Waals surface area contributed by atoms with Gasteiger partial charge in [-0.3, -0.25) is 0 Å². The summed E-state index contributed by atoms with van der Waals surface area (Å²) in [4.78, 5) is 0.876.